The molecule has 3 aromatic carbocycles. The van der Waals surface area contributed by atoms with Crippen LogP contribution < -0.4 is 10.5 Å². The Morgan fingerprint density at radius 3 is 1.50 bits per heavy atom. The predicted molar refractivity (Wildman–Crippen MR) is 118 cm³/mol. The molecule has 0 fully saturated rings. The molecule has 0 heterocycles. The Hall–Kier alpha value is -2.58. The molecule has 0 bridgehead atoms. The topological polar surface area (TPSA) is 35.2 Å². The van der Waals surface area contributed by atoms with Crippen molar-refractivity contribution in [3.8, 4) is 5.75 Å². The minimum Gasteiger partial charge on any atom is -0.496 e. The monoisotopic (exact) mass is 373 g/mol. The third-order valence-electron chi connectivity index (χ3n) is 5.48. The molecule has 0 atom stereocenters. The van der Waals surface area contributed by atoms with E-state index in [4.69, 9.17) is 10.5 Å². The van der Waals surface area contributed by atoms with Gasteiger partial charge in [-0.15, -0.1) is 0 Å². The number of nitrogens with two attached hydrogens (primary N) is 1. The van der Waals surface area contributed by atoms with Crippen LogP contribution in [-0.4, -0.2) is 7.11 Å². The van der Waals surface area contributed by atoms with Crippen LogP contribution in [0.25, 0.3) is 0 Å². The highest BCUT2D eigenvalue weighted by Crippen LogP contribution is 2.39. The van der Waals surface area contributed by atoms with Crippen molar-refractivity contribution >= 4 is 0 Å². The average molecular weight is 374 g/mol. The van der Waals surface area contributed by atoms with E-state index in [2.05, 4.69) is 95.3 Å². The molecule has 2 N–H and O–H groups in total. The lowest BCUT2D eigenvalue weighted by Gasteiger charge is -2.34. The summed E-state index contributed by atoms with van der Waals surface area (Å²) in [5.74, 6) is 0.895. The summed E-state index contributed by atoms with van der Waals surface area (Å²) >= 11 is 0. The van der Waals surface area contributed by atoms with Gasteiger partial charge < -0.3 is 10.5 Å². The summed E-state index contributed by atoms with van der Waals surface area (Å²) in [5.41, 5.74) is 13.2. The zero-order valence-electron chi connectivity index (χ0n) is 17.8. The number of ether oxygens (including phenoxy) is 1. The van der Waals surface area contributed by atoms with Crippen molar-refractivity contribution in [2.75, 3.05) is 7.11 Å². The molecule has 3 aromatic rings. The molecule has 0 spiro atoms. The molecule has 0 saturated carbocycles. The Kier molecular flexibility index (Phi) is 5.36. The fraction of sp³-hybridized carbons (Fsp3) is 0.308. The molecule has 0 radical (unpaired) electrons. The first-order valence-corrected chi connectivity index (χ1v) is 9.78. The van der Waals surface area contributed by atoms with Gasteiger partial charge in [0, 0.05) is 0 Å². The van der Waals surface area contributed by atoms with E-state index in [0.717, 1.165) is 28.0 Å². The van der Waals surface area contributed by atoms with Crippen molar-refractivity contribution in [2.45, 2.75) is 45.6 Å². The van der Waals surface area contributed by atoms with Crippen LogP contribution in [0, 0.1) is 13.8 Å². The van der Waals surface area contributed by atoms with Gasteiger partial charge >= 0.3 is 0 Å². The first kappa shape index (κ1) is 20.2. The third-order valence-corrected chi connectivity index (χ3v) is 5.48. The second-order valence-corrected chi connectivity index (χ2v) is 8.71. The van der Waals surface area contributed by atoms with E-state index in [1.165, 1.54) is 11.1 Å². The molecule has 2 heteroatoms. The van der Waals surface area contributed by atoms with Gasteiger partial charge in [-0.3, -0.25) is 0 Å². The molecule has 0 aromatic heterocycles. The summed E-state index contributed by atoms with van der Waals surface area (Å²) in [7, 11) is 1.72. The zero-order chi connectivity index (χ0) is 20.5. The lowest BCUT2D eigenvalue weighted by Crippen LogP contribution is -2.39. The lowest BCUT2D eigenvalue weighted by atomic mass is 9.75. The number of hydrogen-bond acceptors (Lipinski definition) is 2. The first-order chi connectivity index (χ1) is 13.2. The summed E-state index contributed by atoms with van der Waals surface area (Å²) in [5, 5.41) is 0. The van der Waals surface area contributed by atoms with Crippen LogP contribution in [0.4, 0.5) is 0 Å². The zero-order valence-corrected chi connectivity index (χ0v) is 17.8. The molecule has 0 aliphatic heterocycles. The second kappa shape index (κ2) is 7.44. The van der Waals surface area contributed by atoms with Crippen molar-refractivity contribution in [1.29, 1.82) is 0 Å². The van der Waals surface area contributed by atoms with Crippen molar-refractivity contribution in [1.82, 2.24) is 0 Å². The maximum Gasteiger partial charge on any atom is 0.122 e. The molecule has 0 aliphatic rings. The number of aryl methyl sites for hydroxylation is 2. The van der Waals surface area contributed by atoms with E-state index in [9.17, 15) is 0 Å². The molecule has 2 nitrogen and oxygen atoms in total. The van der Waals surface area contributed by atoms with Crippen molar-refractivity contribution in [3.63, 3.8) is 0 Å². The molecule has 0 saturated heterocycles. The molecular formula is C26H31NO. The SMILES string of the molecule is COc1ccc(C(N)(c2ccc(C)cc2)c2ccc(C)cc2)cc1C(C)(C)C. The molecule has 0 aliphatic carbocycles. The Bertz CT molecular complexity index is 902. The summed E-state index contributed by atoms with van der Waals surface area (Å²) in [4.78, 5) is 0. The van der Waals surface area contributed by atoms with Gasteiger partial charge in [-0.25, -0.2) is 0 Å². The minimum atomic E-state index is -0.742. The Morgan fingerprint density at radius 2 is 1.11 bits per heavy atom. The van der Waals surface area contributed by atoms with Gasteiger partial charge in [-0.1, -0.05) is 86.5 Å². The number of benzene rings is 3. The Balaban J connectivity index is 2.28. The predicted octanol–water partition coefficient (Wildman–Crippen LogP) is 5.86. The highest BCUT2D eigenvalue weighted by Gasteiger charge is 2.33. The normalized spacial score (nSPS) is 12.1. The van der Waals surface area contributed by atoms with Gasteiger partial charge in [0.15, 0.2) is 0 Å². The van der Waals surface area contributed by atoms with Crippen LogP contribution in [0.1, 0.15) is 54.2 Å². The van der Waals surface area contributed by atoms with Crippen LogP contribution in [0.2, 0.25) is 0 Å². The highest BCUT2D eigenvalue weighted by atomic mass is 16.5. The van der Waals surface area contributed by atoms with Crippen LogP contribution in [0.3, 0.4) is 0 Å². The van der Waals surface area contributed by atoms with Gasteiger partial charge in [0.1, 0.15) is 5.75 Å². The van der Waals surface area contributed by atoms with Gasteiger partial charge in [0.05, 0.1) is 12.6 Å². The summed E-state index contributed by atoms with van der Waals surface area (Å²) in [6.07, 6.45) is 0. The van der Waals surface area contributed by atoms with Crippen molar-refractivity contribution < 1.29 is 4.74 Å². The molecule has 28 heavy (non-hydrogen) atoms. The van der Waals surface area contributed by atoms with E-state index in [1.807, 2.05) is 6.07 Å². The standard InChI is InChI=1S/C26H31NO/c1-18-7-11-20(12-8-18)26(27,21-13-9-19(2)10-14-21)22-15-16-24(28-6)23(17-22)25(3,4)5/h7-17H,27H2,1-6H3. The largest absolute Gasteiger partial charge is 0.496 e. The van der Waals surface area contributed by atoms with Crippen LogP contribution in [0.15, 0.2) is 66.7 Å². The molecule has 146 valence electrons. The van der Waals surface area contributed by atoms with E-state index in [0.29, 0.717) is 0 Å². The minimum absolute atomic E-state index is 0.0528. The van der Waals surface area contributed by atoms with Crippen molar-refractivity contribution in [3.05, 3.63) is 100 Å². The maximum atomic E-state index is 7.22. The number of rotatable bonds is 4. The van der Waals surface area contributed by atoms with Gasteiger partial charge in [-0.05, 0) is 53.6 Å². The summed E-state index contributed by atoms with van der Waals surface area (Å²) in [6.45, 7) is 10.8. The van der Waals surface area contributed by atoms with Crippen LogP contribution >= 0.6 is 0 Å². The van der Waals surface area contributed by atoms with E-state index < -0.39 is 5.54 Å². The number of methoxy groups -OCH3 is 1. The summed E-state index contributed by atoms with van der Waals surface area (Å²) in [6, 6.07) is 23.4. The van der Waals surface area contributed by atoms with Gasteiger partial charge in [-0.2, -0.15) is 0 Å². The van der Waals surface area contributed by atoms with Crippen molar-refractivity contribution in [2.24, 2.45) is 5.73 Å². The third kappa shape index (κ3) is 3.70. The Labute approximate surface area is 169 Å². The molecule has 0 unspecified atom stereocenters. The van der Waals surface area contributed by atoms with E-state index in [1.54, 1.807) is 7.11 Å². The smallest absolute Gasteiger partial charge is 0.122 e. The first-order valence-electron chi connectivity index (χ1n) is 9.78. The van der Waals surface area contributed by atoms with Gasteiger partial charge in [0.2, 0.25) is 0 Å². The fourth-order valence-corrected chi connectivity index (χ4v) is 3.67. The molecule has 3 rings (SSSR count). The highest BCUT2D eigenvalue weighted by molar-refractivity contribution is 5.53. The molecular weight excluding hydrogens is 342 g/mol. The van der Waals surface area contributed by atoms with Crippen LogP contribution in [0.5, 0.6) is 5.75 Å². The summed E-state index contributed by atoms with van der Waals surface area (Å²) < 4.78 is 5.64. The van der Waals surface area contributed by atoms with Crippen LogP contribution in [-0.2, 0) is 11.0 Å². The maximum absolute atomic E-state index is 7.22. The quantitative estimate of drug-likeness (QED) is 0.581. The van der Waals surface area contributed by atoms with E-state index in [-0.39, 0.29) is 5.41 Å². The average Bonchev–Trinajstić information content (AvgIpc) is 2.67. The molecule has 0 amide bonds. The Morgan fingerprint density at radius 1 is 0.679 bits per heavy atom. The second-order valence-electron chi connectivity index (χ2n) is 8.71. The number of hydrogen-bond donors (Lipinski definition) is 1. The van der Waals surface area contributed by atoms with Gasteiger partial charge in [0.25, 0.3) is 0 Å². The fourth-order valence-electron chi connectivity index (χ4n) is 3.67. The van der Waals surface area contributed by atoms with E-state index >= 15 is 0 Å². The lowest BCUT2D eigenvalue weighted by molar-refractivity contribution is 0.397.